The quantitative estimate of drug-likeness (QED) is 0.836. The Kier molecular flexibility index (Phi) is 4.02. The third-order valence-corrected chi connectivity index (χ3v) is 5.70. The highest BCUT2D eigenvalue weighted by Crippen LogP contribution is 2.36. The van der Waals surface area contributed by atoms with E-state index in [9.17, 15) is 4.79 Å². The van der Waals surface area contributed by atoms with E-state index in [-0.39, 0.29) is 18.6 Å². The maximum absolute atomic E-state index is 12.7. The number of nitrogens with two attached hydrogens (primary N) is 1. The minimum absolute atomic E-state index is 0.0242. The van der Waals surface area contributed by atoms with E-state index in [2.05, 4.69) is 21.9 Å². The predicted octanol–water partition coefficient (Wildman–Crippen LogP) is 1.77. The number of imidazole rings is 1. The predicted molar refractivity (Wildman–Crippen MR) is 91.6 cm³/mol. The van der Waals surface area contributed by atoms with Crippen molar-refractivity contribution in [2.45, 2.75) is 49.8 Å². The number of ether oxygens (including phenoxy) is 1. The number of aromatic amines is 1. The van der Waals surface area contributed by atoms with Crippen molar-refractivity contribution in [3.63, 3.8) is 0 Å². The van der Waals surface area contributed by atoms with Crippen molar-refractivity contribution >= 4 is 17.0 Å². The Morgan fingerprint density at radius 3 is 2.88 bits per heavy atom. The number of fused-ring (bicyclic) bond motifs is 3. The first-order valence-electron chi connectivity index (χ1n) is 8.71. The molecule has 3 heterocycles. The zero-order valence-electron chi connectivity index (χ0n) is 13.9. The van der Waals surface area contributed by atoms with Crippen molar-refractivity contribution in [3.8, 4) is 0 Å². The molecule has 3 atom stereocenters. The molecule has 6 nitrogen and oxygen atoms in total. The highest BCUT2D eigenvalue weighted by molar-refractivity contribution is 5.82. The van der Waals surface area contributed by atoms with Crippen molar-refractivity contribution < 1.29 is 9.53 Å². The summed E-state index contributed by atoms with van der Waals surface area (Å²) in [5.74, 6) is -0.625. The van der Waals surface area contributed by atoms with E-state index >= 15 is 0 Å². The van der Waals surface area contributed by atoms with Crippen molar-refractivity contribution in [2.75, 3.05) is 13.6 Å². The van der Waals surface area contributed by atoms with Gasteiger partial charge in [0.15, 0.2) is 0 Å². The number of hydrogen-bond acceptors (Lipinski definition) is 5. The van der Waals surface area contributed by atoms with E-state index in [0.29, 0.717) is 12.1 Å². The number of hydrogen-bond donors (Lipinski definition) is 2. The molecule has 0 radical (unpaired) electrons. The molecule has 0 amide bonds. The molecule has 128 valence electrons. The van der Waals surface area contributed by atoms with Crippen molar-refractivity contribution in [1.29, 1.82) is 0 Å². The molecule has 2 bridgehead atoms. The number of benzene rings is 1. The summed E-state index contributed by atoms with van der Waals surface area (Å²) in [5, 5.41) is 0. The third-order valence-electron chi connectivity index (χ3n) is 5.70. The molecule has 0 spiro atoms. The van der Waals surface area contributed by atoms with Crippen LogP contribution in [0.2, 0.25) is 0 Å². The van der Waals surface area contributed by atoms with Gasteiger partial charge >= 0.3 is 5.97 Å². The Labute approximate surface area is 141 Å². The Morgan fingerprint density at radius 2 is 2.17 bits per heavy atom. The molecular formula is C18H24N4O2. The summed E-state index contributed by atoms with van der Waals surface area (Å²) in [4.78, 5) is 22.4. The summed E-state index contributed by atoms with van der Waals surface area (Å²) in [5.41, 5.74) is 8.57. The number of nitrogens with one attached hydrogen (secondary N) is 1. The van der Waals surface area contributed by atoms with Gasteiger partial charge in [0.2, 0.25) is 0 Å². The van der Waals surface area contributed by atoms with Gasteiger partial charge in [-0.2, -0.15) is 0 Å². The van der Waals surface area contributed by atoms with Gasteiger partial charge in [0.05, 0.1) is 23.3 Å². The lowest BCUT2D eigenvalue weighted by Gasteiger charge is -2.36. The first kappa shape index (κ1) is 15.6. The minimum Gasteiger partial charge on any atom is -0.462 e. The lowest BCUT2D eigenvalue weighted by atomic mass is 9.97. The summed E-state index contributed by atoms with van der Waals surface area (Å²) >= 11 is 0. The van der Waals surface area contributed by atoms with Crippen LogP contribution in [0.15, 0.2) is 24.5 Å². The fourth-order valence-electron chi connectivity index (χ4n) is 4.24. The van der Waals surface area contributed by atoms with Gasteiger partial charge in [-0.05, 0) is 50.4 Å². The minimum atomic E-state index is -0.421. The monoisotopic (exact) mass is 328 g/mol. The molecule has 0 saturated carbocycles. The number of carbonyl (C=O) groups excluding carboxylic acids is 1. The second kappa shape index (κ2) is 6.18. The third kappa shape index (κ3) is 2.70. The van der Waals surface area contributed by atoms with E-state index in [0.717, 1.165) is 29.4 Å². The molecule has 2 fully saturated rings. The maximum atomic E-state index is 12.7. The number of esters is 1. The van der Waals surface area contributed by atoms with Crippen molar-refractivity contribution in [2.24, 2.45) is 5.73 Å². The largest absolute Gasteiger partial charge is 0.462 e. The van der Waals surface area contributed by atoms with E-state index in [4.69, 9.17) is 10.5 Å². The summed E-state index contributed by atoms with van der Waals surface area (Å²) < 4.78 is 5.85. The molecular weight excluding hydrogens is 304 g/mol. The maximum Gasteiger partial charge on any atom is 0.314 e. The summed E-state index contributed by atoms with van der Waals surface area (Å²) in [7, 11) is 2.18. The van der Waals surface area contributed by atoms with Crippen LogP contribution < -0.4 is 5.73 Å². The van der Waals surface area contributed by atoms with Gasteiger partial charge in [-0.3, -0.25) is 4.79 Å². The molecule has 3 N–H and O–H groups in total. The molecule has 3 unspecified atom stereocenters. The van der Waals surface area contributed by atoms with E-state index in [1.807, 2.05) is 18.2 Å². The Hall–Kier alpha value is -1.92. The smallest absolute Gasteiger partial charge is 0.314 e. The number of H-pyrrole nitrogens is 1. The van der Waals surface area contributed by atoms with Crippen molar-refractivity contribution in [1.82, 2.24) is 14.9 Å². The average molecular weight is 328 g/mol. The fraction of sp³-hybridized carbons (Fsp3) is 0.556. The van der Waals surface area contributed by atoms with Gasteiger partial charge < -0.3 is 20.4 Å². The summed E-state index contributed by atoms with van der Waals surface area (Å²) in [6, 6.07) is 6.88. The molecule has 2 saturated heterocycles. The van der Waals surface area contributed by atoms with Crippen LogP contribution in [0.3, 0.4) is 0 Å². The van der Waals surface area contributed by atoms with Gasteiger partial charge in [-0.25, -0.2) is 4.98 Å². The second-order valence-electron chi connectivity index (χ2n) is 7.05. The number of nitrogens with zero attached hydrogens (tertiary/aromatic N) is 2. The lowest BCUT2D eigenvalue weighted by molar-refractivity contribution is -0.154. The van der Waals surface area contributed by atoms with Crippen LogP contribution in [-0.2, 0) is 9.53 Å². The molecule has 24 heavy (non-hydrogen) atoms. The number of carbonyl (C=O) groups is 1. The number of aromatic nitrogens is 2. The summed E-state index contributed by atoms with van der Waals surface area (Å²) in [6.07, 6.45) is 5.98. The van der Waals surface area contributed by atoms with Crippen LogP contribution in [0.1, 0.15) is 37.2 Å². The molecule has 6 heteroatoms. The van der Waals surface area contributed by atoms with Crippen LogP contribution in [-0.4, -0.2) is 52.6 Å². The zero-order chi connectivity index (χ0) is 16.7. The van der Waals surface area contributed by atoms with E-state index in [1.54, 1.807) is 6.33 Å². The summed E-state index contributed by atoms with van der Waals surface area (Å²) in [6.45, 7) is 0.248. The molecule has 2 aliphatic rings. The first-order valence-corrected chi connectivity index (χ1v) is 8.71. The molecule has 4 rings (SSSR count). The van der Waals surface area contributed by atoms with Gasteiger partial charge in [0, 0.05) is 18.6 Å². The molecule has 0 aliphatic carbocycles. The molecule has 1 aromatic carbocycles. The number of rotatable bonds is 4. The van der Waals surface area contributed by atoms with Crippen LogP contribution in [0, 0.1) is 0 Å². The topological polar surface area (TPSA) is 84.2 Å². The molecule has 1 aromatic heterocycles. The van der Waals surface area contributed by atoms with Gasteiger partial charge in [-0.15, -0.1) is 0 Å². The van der Waals surface area contributed by atoms with Crippen LogP contribution >= 0.6 is 0 Å². The Balaban J connectivity index is 1.47. The van der Waals surface area contributed by atoms with Crippen LogP contribution in [0.5, 0.6) is 0 Å². The van der Waals surface area contributed by atoms with Crippen LogP contribution in [0.25, 0.3) is 11.0 Å². The van der Waals surface area contributed by atoms with Gasteiger partial charge in [0.25, 0.3) is 0 Å². The van der Waals surface area contributed by atoms with Gasteiger partial charge in [-0.1, -0.05) is 6.07 Å². The van der Waals surface area contributed by atoms with Crippen LogP contribution in [0.4, 0.5) is 0 Å². The lowest BCUT2D eigenvalue weighted by Crippen LogP contribution is -2.44. The fourth-order valence-corrected chi connectivity index (χ4v) is 4.24. The highest BCUT2D eigenvalue weighted by atomic mass is 16.5. The molecule has 2 aromatic rings. The SMILES string of the molecule is CN1C2CCC1CC(OC(=O)C(CN)c1ccc3nc[nH]c3c1)C2. The first-order chi connectivity index (χ1) is 11.7. The van der Waals surface area contributed by atoms with E-state index < -0.39 is 5.92 Å². The Morgan fingerprint density at radius 1 is 1.42 bits per heavy atom. The van der Waals surface area contributed by atoms with E-state index in [1.165, 1.54) is 12.8 Å². The normalized spacial score (nSPS) is 28.2. The van der Waals surface area contributed by atoms with Gasteiger partial charge in [0.1, 0.15) is 6.10 Å². The van der Waals surface area contributed by atoms with Crippen molar-refractivity contribution in [3.05, 3.63) is 30.1 Å². The standard InChI is InChI=1S/C18H24N4O2/c1-22-12-3-4-13(22)8-14(7-12)24-18(23)15(9-19)11-2-5-16-17(6-11)21-10-20-16/h2,5-6,10,12-15H,3-4,7-9,19H2,1H3,(H,20,21). The zero-order valence-corrected chi connectivity index (χ0v) is 13.9. The second-order valence-corrected chi connectivity index (χ2v) is 7.05. The molecule has 2 aliphatic heterocycles. The highest BCUT2D eigenvalue weighted by Gasteiger charge is 2.40. The Bertz CT molecular complexity index is 729. The average Bonchev–Trinajstić information content (AvgIpc) is 3.10. The number of piperidine rings is 1.